The van der Waals surface area contributed by atoms with Gasteiger partial charge in [0.05, 0.1) is 15.7 Å². The molecule has 0 atom stereocenters. The first-order valence-electron chi connectivity index (χ1n) is 4.36. The molecule has 0 saturated carbocycles. The summed E-state index contributed by atoms with van der Waals surface area (Å²) in [7, 11) is 0. The Kier molecular flexibility index (Phi) is 4.90. The fourth-order valence-electron chi connectivity index (χ4n) is 1.09. The number of amides is 1. The van der Waals surface area contributed by atoms with Crippen molar-refractivity contribution in [2.75, 3.05) is 10.6 Å². The Bertz CT molecular complexity index is 382. The minimum atomic E-state index is -0.0841. The highest BCUT2D eigenvalue weighted by molar-refractivity contribution is 9.09. The third-order valence-corrected chi connectivity index (χ3v) is 3.09. The highest BCUT2D eigenvalue weighted by atomic mass is 79.9. The summed E-state index contributed by atoms with van der Waals surface area (Å²) in [6.07, 6.45) is 0.405. The van der Waals surface area contributed by atoms with Crippen molar-refractivity contribution in [1.29, 1.82) is 0 Å². The molecule has 1 amide bonds. The number of nitrogens with one attached hydrogen (secondary N) is 1. The molecule has 0 spiro atoms. The number of carbonyl (C=O) groups excluding carboxylic acids is 1. The lowest BCUT2D eigenvalue weighted by Crippen LogP contribution is -2.13. The van der Waals surface area contributed by atoms with Crippen LogP contribution in [0.5, 0.6) is 0 Å². The lowest BCUT2D eigenvalue weighted by molar-refractivity contribution is -0.115. The van der Waals surface area contributed by atoms with E-state index in [4.69, 9.17) is 23.2 Å². The highest BCUT2D eigenvalue weighted by Crippen LogP contribution is 2.32. The molecular formula is C10H10BrCl2NO. The Balaban J connectivity index is 2.93. The zero-order valence-electron chi connectivity index (χ0n) is 8.11. The van der Waals surface area contributed by atoms with Crippen molar-refractivity contribution in [1.82, 2.24) is 0 Å². The molecule has 5 heteroatoms. The molecule has 0 saturated heterocycles. The number of carbonyl (C=O) groups is 1. The molecule has 15 heavy (non-hydrogen) atoms. The predicted molar refractivity (Wildman–Crippen MR) is 68.2 cm³/mol. The number of hydrogen-bond acceptors (Lipinski definition) is 1. The summed E-state index contributed by atoms with van der Waals surface area (Å²) in [5, 5.41) is 4.19. The van der Waals surface area contributed by atoms with Gasteiger partial charge in [-0.05, 0) is 18.6 Å². The average molecular weight is 311 g/mol. The van der Waals surface area contributed by atoms with Crippen molar-refractivity contribution in [3.8, 4) is 0 Å². The summed E-state index contributed by atoms with van der Waals surface area (Å²) in [4.78, 5) is 11.4. The summed E-state index contributed by atoms with van der Waals surface area (Å²) in [6.45, 7) is 1.87. The molecule has 0 aromatic heterocycles. The summed E-state index contributed by atoms with van der Waals surface area (Å²) in [6, 6.07) is 3.53. The van der Waals surface area contributed by atoms with Gasteiger partial charge in [0.1, 0.15) is 0 Å². The average Bonchev–Trinajstić information content (AvgIpc) is 2.19. The minimum Gasteiger partial charge on any atom is -0.324 e. The largest absolute Gasteiger partial charge is 0.324 e. The predicted octanol–water partition coefficient (Wildman–Crippen LogP) is 4.03. The standard InChI is InChI=1S/C10H10BrCl2NO/c1-6-2-3-7(12)9(13)10(6)14-8(15)4-5-11/h2-3H,4-5H2,1H3,(H,14,15). The second-order valence-electron chi connectivity index (χ2n) is 3.04. The number of aryl methyl sites for hydroxylation is 1. The molecule has 0 radical (unpaired) electrons. The van der Waals surface area contributed by atoms with Crippen LogP contribution in [0.2, 0.25) is 10.0 Å². The van der Waals surface area contributed by atoms with E-state index in [2.05, 4.69) is 21.2 Å². The van der Waals surface area contributed by atoms with Crippen LogP contribution in [0.3, 0.4) is 0 Å². The lowest BCUT2D eigenvalue weighted by Gasteiger charge is -2.10. The third kappa shape index (κ3) is 3.37. The van der Waals surface area contributed by atoms with Gasteiger partial charge in [-0.15, -0.1) is 0 Å². The van der Waals surface area contributed by atoms with Crippen LogP contribution in [0, 0.1) is 6.92 Å². The fourth-order valence-corrected chi connectivity index (χ4v) is 1.87. The molecule has 0 aliphatic rings. The van der Waals surface area contributed by atoms with E-state index in [0.29, 0.717) is 27.5 Å². The summed E-state index contributed by atoms with van der Waals surface area (Å²) in [5.41, 5.74) is 1.49. The number of benzene rings is 1. The zero-order valence-corrected chi connectivity index (χ0v) is 11.2. The number of rotatable bonds is 3. The van der Waals surface area contributed by atoms with Crippen LogP contribution >= 0.6 is 39.1 Å². The van der Waals surface area contributed by atoms with Gasteiger partial charge in [0.15, 0.2) is 0 Å². The van der Waals surface area contributed by atoms with E-state index < -0.39 is 0 Å². The molecule has 0 aliphatic carbocycles. The molecule has 2 nitrogen and oxygen atoms in total. The van der Waals surface area contributed by atoms with E-state index in [-0.39, 0.29) is 5.91 Å². The van der Waals surface area contributed by atoms with Gasteiger partial charge in [0, 0.05) is 11.8 Å². The maximum absolute atomic E-state index is 11.4. The lowest BCUT2D eigenvalue weighted by atomic mass is 10.2. The first-order valence-corrected chi connectivity index (χ1v) is 6.24. The molecule has 0 aliphatic heterocycles. The Hall–Kier alpha value is -0.250. The molecule has 1 aromatic rings. The molecule has 1 rings (SSSR count). The minimum absolute atomic E-state index is 0.0841. The molecule has 0 bridgehead atoms. The van der Waals surface area contributed by atoms with Crippen LogP contribution in [0.25, 0.3) is 0 Å². The monoisotopic (exact) mass is 309 g/mol. The normalized spacial score (nSPS) is 10.1. The van der Waals surface area contributed by atoms with Gasteiger partial charge < -0.3 is 5.32 Å². The van der Waals surface area contributed by atoms with Crippen LogP contribution in [-0.2, 0) is 4.79 Å². The summed E-state index contributed by atoms with van der Waals surface area (Å²) in [5.74, 6) is -0.0841. The van der Waals surface area contributed by atoms with Gasteiger partial charge >= 0.3 is 0 Å². The van der Waals surface area contributed by atoms with Gasteiger partial charge in [0.2, 0.25) is 5.91 Å². The van der Waals surface area contributed by atoms with Crippen LogP contribution < -0.4 is 5.32 Å². The van der Waals surface area contributed by atoms with Crippen molar-refractivity contribution in [3.63, 3.8) is 0 Å². The number of alkyl halides is 1. The Morgan fingerprint density at radius 2 is 2.13 bits per heavy atom. The van der Waals surface area contributed by atoms with Crippen molar-refractivity contribution < 1.29 is 4.79 Å². The number of halogens is 3. The van der Waals surface area contributed by atoms with E-state index in [1.807, 2.05) is 13.0 Å². The van der Waals surface area contributed by atoms with Crippen LogP contribution in [0.15, 0.2) is 12.1 Å². The van der Waals surface area contributed by atoms with E-state index in [0.717, 1.165) is 5.56 Å². The molecule has 0 heterocycles. The Morgan fingerprint density at radius 1 is 1.47 bits per heavy atom. The number of anilines is 1. The molecule has 0 fully saturated rings. The SMILES string of the molecule is Cc1ccc(Cl)c(Cl)c1NC(=O)CCBr. The second kappa shape index (κ2) is 5.73. The van der Waals surface area contributed by atoms with Gasteiger partial charge in [0.25, 0.3) is 0 Å². The molecule has 0 unspecified atom stereocenters. The third-order valence-electron chi connectivity index (χ3n) is 1.89. The van der Waals surface area contributed by atoms with Gasteiger partial charge in [-0.1, -0.05) is 45.2 Å². The zero-order chi connectivity index (χ0) is 11.4. The molecule has 1 aromatic carbocycles. The summed E-state index contributed by atoms with van der Waals surface area (Å²) < 4.78 is 0. The van der Waals surface area contributed by atoms with E-state index >= 15 is 0 Å². The van der Waals surface area contributed by atoms with E-state index in [1.54, 1.807) is 6.07 Å². The van der Waals surface area contributed by atoms with Crippen molar-refractivity contribution in [2.45, 2.75) is 13.3 Å². The van der Waals surface area contributed by atoms with Crippen molar-refractivity contribution >= 4 is 50.7 Å². The quantitative estimate of drug-likeness (QED) is 0.839. The Morgan fingerprint density at radius 3 is 2.73 bits per heavy atom. The van der Waals surface area contributed by atoms with E-state index in [9.17, 15) is 4.79 Å². The molecule has 1 N–H and O–H groups in total. The summed E-state index contributed by atoms with van der Waals surface area (Å²) >= 11 is 15.0. The highest BCUT2D eigenvalue weighted by Gasteiger charge is 2.10. The first-order chi connectivity index (χ1) is 7.06. The van der Waals surface area contributed by atoms with Gasteiger partial charge in [-0.2, -0.15) is 0 Å². The van der Waals surface area contributed by atoms with E-state index in [1.165, 1.54) is 0 Å². The van der Waals surface area contributed by atoms with Crippen molar-refractivity contribution in [3.05, 3.63) is 27.7 Å². The molecule has 82 valence electrons. The smallest absolute Gasteiger partial charge is 0.225 e. The van der Waals surface area contributed by atoms with Gasteiger partial charge in [-0.3, -0.25) is 4.79 Å². The topological polar surface area (TPSA) is 29.1 Å². The van der Waals surface area contributed by atoms with Crippen LogP contribution in [-0.4, -0.2) is 11.2 Å². The number of hydrogen-bond donors (Lipinski definition) is 1. The maximum Gasteiger partial charge on any atom is 0.225 e. The van der Waals surface area contributed by atoms with Crippen LogP contribution in [0.1, 0.15) is 12.0 Å². The Labute approximate surface area is 107 Å². The van der Waals surface area contributed by atoms with Crippen LogP contribution in [0.4, 0.5) is 5.69 Å². The molecular weight excluding hydrogens is 301 g/mol. The first kappa shape index (κ1) is 12.8. The second-order valence-corrected chi connectivity index (χ2v) is 4.62. The van der Waals surface area contributed by atoms with Gasteiger partial charge in [-0.25, -0.2) is 0 Å². The van der Waals surface area contributed by atoms with Crippen molar-refractivity contribution in [2.24, 2.45) is 0 Å². The maximum atomic E-state index is 11.4. The fraction of sp³-hybridized carbons (Fsp3) is 0.300.